The maximum Gasteiger partial charge on any atom is 0.326 e. The standard InChI is InChI=1S/C21H29N5O6/c1-11(2)18(21(31)32)26-20(30)16(25-17(28)9-24-19(29)14(22)10-27)7-12-8-23-15-6-4-3-5-13(12)15/h3-6,8,11,14,16,18,23,27H,7,9-10,22H2,1-2H3,(H,24,29)(H,25,28)(H,26,30)(H,31,32). The zero-order chi connectivity index (χ0) is 23.8. The molecule has 0 aliphatic rings. The van der Waals surface area contributed by atoms with Crippen LogP contribution in [0.15, 0.2) is 30.5 Å². The van der Waals surface area contributed by atoms with E-state index in [1.54, 1.807) is 20.0 Å². The van der Waals surface area contributed by atoms with Gasteiger partial charge in [0.25, 0.3) is 0 Å². The van der Waals surface area contributed by atoms with Crippen molar-refractivity contribution in [3.05, 3.63) is 36.0 Å². The van der Waals surface area contributed by atoms with Crippen molar-refractivity contribution in [1.29, 1.82) is 0 Å². The molecular weight excluding hydrogens is 418 g/mol. The SMILES string of the molecule is CC(C)C(NC(=O)C(Cc1c[nH]c2ccccc12)NC(=O)CNC(=O)C(N)CO)C(=O)O. The second kappa shape index (κ2) is 11.3. The number of aliphatic hydroxyl groups is 1. The molecule has 0 bridgehead atoms. The van der Waals surface area contributed by atoms with Gasteiger partial charge in [-0.2, -0.15) is 0 Å². The highest BCUT2D eigenvalue weighted by Gasteiger charge is 2.29. The zero-order valence-corrected chi connectivity index (χ0v) is 17.9. The van der Waals surface area contributed by atoms with Crippen molar-refractivity contribution in [2.75, 3.05) is 13.2 Å². The third-order valence-electron chi connectivity index (χ3n) is 4.94. The molecule has 3 unspecified atom stereocenters. The van der Waals surface area contributed by atoms with Crippen molar-refractivity contribution >= 4 is 34.6 Å². The third-order valence-corrected chi connectivity index (χ3v) is 4.94. The van der Waals surface area contributed by atoms with Crippen LogP contribution in [0.3, 0.4) is 0 Å². The van der Waals surface area contributed by atoms with Gasteiger partial charge in [-0.3, -0.25) is 14.4 Å². The molecule has 3 amide bonds. The van der Waals surface area contributed by atoms with Gasteiger partial charge >= 0.3 is 5.97 Å². The molecule has 0 fully saturated rings. The Balaban J connectivity index is 2.18. The van der Waals surface area contributed by atoms with Gasteiger partial charge in [0, 0.05) is 23.5 Å². The predicted molar refractivity (Wildman–Crippen MR) is 116 cm³/mol. The predicted octanol–water partition coefficient (Wildman–Crippen LogP) is -1.14. The first-order valence-corrected chi connectivity index (χ1v) is 10.2. The molecule has 0 aliphatic carbocycles. The number of carboxylic acids is 1. The smallest absolute Gasteiger partial charge is 0.326 e. The van der Waals surface area contributed by atoms with Gasteiger partial charge in [-0.05, 0) is 17.5 Å². The topological polar surface area (TPSA) is 187 Å². The summed E-state index contributed by atoms with van der Waals surface area (Å²) in [7, 11) is 0. The maximum absolute atomic E-state index is 12.9. The second-order valence-corrected chi connectivity index (χ2v) is 7.76. The Bertz CT molecular complexity index is 972. The number of H-pyrrole nitrogens is 1. The van der Waals surface area contributed by atoms with Crippen LogP contribution in [0.5, 0.6) is 0 Å². The van der Waals surface area contributed by atoms with Gasteiger partial charge in [-0.1, -0.05) is 32.0 Å². The van der Waals surface area contributed by atoms with Crippen LogP contribution in [-0.4, -0.2) is 70.2 Å². The minimum absolute atomic E-state index is 0.0934. The van der Waals surface area contributed by atoms with E-state index in [4.69, 9.17) is 10.8 Å². The fraction of sp³-hybridized carbons (Fsp3) is 0.429. The molecule has 11 heteroatoms. The highest BCUT2D eigenvalue weighted by molar-refractivity contribution is 5.93. The molecule has 11 nitrogen and oxygen atoms in total. The minimum Gasteiger partial charge on any atom is -0.480 e. The molecule has 2 rings (SSSR count). The molecule has 0 spiro atoms. The monoisotopic (exact) mass is 447 g/mol. The lowest BCUT2D eigenvalue weighted by molar-refractivity contribution is -0.143. The summed E-state index contributed by atoms with van der Waals surface area (Å²) in [5.41, 5.74) is 6.99. The molecule has 1 heterocycles. The van der Waals surface area contributed by atoms with Gasteiger partial charge in [-0.15, -0.1) is 0 Å². The van der Waals surface area contributed by atoms with Crippen LogP contribution >= 0.6 is 0 Å². The van der Waals surface area contributed by atoms with Crippen molar-refractivity contribution in [3.8, 4) is 0 Å². The van der Waals surface area contributed by atoms with Gasteiger partial charge in [0.15, 0.2) is 0 Å². The van der Waals surface area contributed by atoms with Gasteiger partial charge < -0.3 is 36.9 Å². The van der Waals surface area contributed by atoms with Crippen molar-refractivity contribution in [3.63, 3.8) is 0 Å². The number of aliphatic carboxylic acids is 1. The fourth-order valence-electron chi connectivity index (χ4n) is 3.12. The highest BCUT2D eigenvalue weighted by Crippen LogP contribution is 2.19. The number of para-hydroxylation sites is 1. The number of aromatic amines is 1. The van der Waals surface area contributed by atoms with Crippen LogP contribution in [0.1, 0.15) is 19.4 Å². The van der Waals surface area contributed by atoms with Crippen LogP contribution in [0.25, 0.3) is 10.9 Å². The van der Waals surface area contributed by atoms with Crippen LogP contribution in [-0.2, 0) is 25.6 Å². The highest BCUT2D eigenvalue weighted by atomic mass is 16.4. The van der Waals surface area contributed by atoms with Crippen molar-refractivity contribution in [2.45, 2.75) is 38.4 Å². The van der Waals surface area contributed by atoms with Crippen molar-refractivity contribution in [1.82, 2.24) is 20.9 Å². The number of fused-ring (bicyclic) bond motifs is 1. The van der Waals surface area contributed by atoms with Crippen molar-refractivity contribution < 1.29 is 29.4 Å². The number of aromatic nitrogens is 1. The zero-order valence-electron chi connectivity index (χ0n) is 17.9. The Labute approximate surface area is 184 Å². The molecule has 1 aromatic heterocycles. The van der Waals surface area contributed by atoms with Crippen LogP contribution < -0.4 is 21.7 Å². The Morgan fingerprint density at radius 2 is 1.78 bits per heavy atom. The average molecular weight is 447 g/mol. The molecule has 0 saturated heterocycles. The minimum atomic E-state index is -1.18. The lowest BCUT2D eigenvalue weighted by atomic mass is 10.0. The van der Waals surface area contributed by atoms with E-state index in [9.17, 15) is 24.3 Å². The second-order valence-electron chi connectivity index (χ2n) is 7.76. The van der Waals surface area contributed by atoms with E-state index in [1.807, 2.05) is 24.3 Å². The van der Waals surface area contributed by atoms with Gasteiger partial charge in [-0.25, -0.2) is 4.79 Å². The number of carbonyl (C=O) groups is 4. The van der Waals surface area contributed by atoms with Gasteiger partial charge in [0.05, 0.1) is 13.2 Å². The Kier molecular flexibility index (Phi) is 8.73. The summed E-state index contributed by atoms with van der Waals surface area (Å²) in [4.78, 5) is 51.6. The molecule has 174 valence electrons. The first-order valence-electron chi connectivity index (χ1n) is 10.2. The van der Waals surface area contributed by atoms with Gasteiger partial charge in [0.1, 0.15) is 18.1 Å². The average Bonchev–Trinajstić information content (AvgIpc) is 3.16. The molecule has 0 radical (unpaired) electrons. The van der Waals surface area contributed by atoms with E-state index in [0.717, 1.165) is 16.5 Å². The van der Waals surface area contributed by atoms with E-state index in [0.29, 0.717) is 0 Å². The quantitative estimate of drug-likeness (QED) is 0.227. The molecule has 32 heavy (non-hydrogen) atoms. The summed E-state index contributed by atoms with van der Waals surface area (Å²) in [5.74, 6) is -3.61. The molecule has 1 aromatic carbocycles. The summed E-state index contributed by atoms with van der Waals surface area (Å²) in [6.07, 6.45) is 1.81. The molecule has 2 aromatic rings. The number of amides is 3. The summed E-state index contributed by atoms with van der Waals surface area (Å²) in [6.45, 7) is 2.28. The molecule has 0 aliphatic heterocycles. The number of rotatable bonds is 11. The van der Waals surface area contributed by atoms with E-state index < -0.39 is 55.0 Å². The van der Waals surface area contributed by atoms with Crippen LogP contribution in [0.2, 0.25) is 0 Å². The molecular formula is C21H29N5O6. The Morgan fingerprint density at radius 3 is 2.41 bits per heavy atom. The third kappa shape index (κ3) is 6.53. The van der Waals surface area contributed by atoms with Crippen molar-refractivity contribution in [2.24, 2.45) is 11.7 Å². The number of hydrogen-bond donors (Lipinski definition) is 7. The van der Waals surface area contributed by atoms with Crippen LogP contribution in [0.4, 0.5) is 0 Å². The number of aliphatic hydroxyl groups excluding tert-OH is 1. The molecule has 8 N–H and O–H groups in total. The van der Waals surface area contributed by atoms with E-state index in [-0.39, 0.29) is 12.3 Å². The largest absolute Gasteiger partial charge is 0.480 e. The molecule has 3 atom stereocenters. The first-order chi connectivity index (χ1) is 15.1. The van der Waals surface area contributed by atoms with E-state index in [1.165, 1.54) is 0 Å². The summed E-state index contributed by atoms with van der Waals surface area (Å²) < 4.78 is 0. The lowest BCUT2D eigenvalue weighted by Crippen LogP contribution is -2.55. The number of carbonyl (C=O) groups excluding carboxylic acids is 3. The number of nitrogens with two attached hydrogens (primary N) is 1. The molecule has 0 saturated carbocycles. The number of hydrogen-bond acceptors (Lipinski definition) is 6. The first kappa shape index (κ1) is 24.8. The summed E-state index contributed by atoms with van der Waals surface area (Å²) in [5, 5.41) is 26.4. The van der Waals surface area contributed by atoms with Crippen LogP contribution in [0, 0.1) is 5.92 Å². The van der Waals surface area contributed by atoms with E-state index >= 15 is 0 Å². The van der Waals surface area contributed by atoms with E-state index in [2.05, 4.69) is 20.9 Å². The number of carboxylic acid groups (broad SMARTS) is 1. The number of benzene rings is 1. The Hall–Kier alpha value is -3.44. The van der Waals surface area contributed by atoms with Gasteiger partial charge in [0.2, 0.25) is 17.7 Å². The summed E-state index contributed by atoms with van der Waals surface area (Å²) >= 11 is 0. The number of nitrogens with one attached hydrogen (secondary N) is 4. The Morgan fingerprint density at radius 1 is 1.09 bits per heavy atom. The summed E-state index contributed by atoms with van der Waals surface area (Å²) in [6, 6.07) is 4.03. The fourth-order valence-corrected chi connectivity index (χ4v) is 3.12. The normalized spacial score (nSPS) is 13.9. The lowest BCUT2D eigenvalue weighted by Gasteiger charge is -2.23. The maximum atomic E-state index is 12.9.